The van der Waals surface area contributed by atoms with E-state index in [0.717, 1.165) is 41.8 Å². The summed E-state index contributed by atoms with van der Waals surface area (Å²) in [6.45, 7) is 4.22. The summed E-state index contributed by atoms with van der Waals surface area (Å²) in [4.78, 5) is 6.69. The minimum Gasteiger partial charge on any atom is -0.314 e. The first-order valence-corrected chi connectivity index (χ1v) is 8.76. The molecule has 2 fully saturated rings. The van der Waals surface area contributed by atoms with Gasteiger partial charge in [-0.2, -0.15) is 0 Å². The molecule has 0 spiro atoms. The van der Waals surface area contributed by atoms with E-state index >= 15 is 0 Å². The molecular weight excluding hydrogens is 376 g/mol. The van der Waals surface area contributed by atoms with Crippen LogP contribution in [0.25, 0.3) is 0 Å². The normalized spacial score (nSPS) is 21.1. The summed E-state index contributed by atoms with van der Waals surface area (Å²) in [7, 11) is 0. The van der Waals surface area contributed by atoms with E-state index in [9.17, 15) is 0 Å². The number of rotatable bonds is 3. The average Bonchev–Trinajstić information content (AvgIpc) is 2.53. The molecule has 1 saturated heterocycles. The summed E-state index contributed by atoms with van der Waals surface area (Å²) in [5.74, 6) is 0.661. The predicted octanol–water partition coefficient (Wildman–Crippen LogP) is 4.76. The molecule has 7 heteroatoms. The molecule has 2 heterocycles. The first-order valence-electron chi connectivity index (χ1n) is 8.01. The van der Waals surface area contributed by atoms with Crippen LogP contribution in [0, 0.1) is 5.92 Å². The lowest BCUT2D eigenvalue weighted by Gasteiger charge is -2.41. The highest BCUT2D eigenvalue weighted by Crippen LogP contribution is 2.43. The van der Waals surface area contributed by atoms with Gasteiger partial charge in [0.05, 0.1) is 10.0 Å². The van der Waals surface area contributed by atoms with Crippen molar-refractivity contribution in [2.24, 2.45) is 5.92 Å². The number of pyridine rings is 1. The van der Waals surface area contributed by atoms with Gasteiger partial charge in [0.15, 0.2) is 0 Å². The maximum Gasteiger partial charge on any atom is 0.0652 e. The lowest BCUT2D eigenvalue weighted by molar-refractivity contribution is 0.103. The summed E-state index contributed by atoms with van der Waals surface area (Å²) >= 11 is 12.9. The quantitative estimate of drug-likeness (QED) is 0.792. The van der Waals surface area contributed by atoms with Crippen molar-refractivity contribution in [1.82, 2.24) is 15.2 Å². The number of halogens is 4. The Morgan fingerprint density at radius 3 is 2.13 bits per heavy atom. The topological polar surface area (TPSA) is 28.2 Å². The average molecular weight is 401 g/mol. The number of hydrogen-bond donors (Lipinski definition) is 1. The number of nitrogens with one attached hydrogen (secondary N) is 1. The molecule has 1 saturated carbocycles. The minimum atomic E-state index is 0. The predicted molar refractivity (Wildman–Crippen MR) is 103 cm³/mol. The van der Waals surface area contributed by atoms with Crippen LogP contribution < -0.4 is 5.32 Å². The van der Waals surface area contributed by atoms with Gasteiger partial charge in [0, 0.05) is 50.2 Å². The number of aromatic nitrogens is 1. The van der Waals surface area contributed by atoms with E-state index in [1.165, 1.54) is 32.1 Å². The van der Waals surface area contributed by atoms with E-state index in [2.05, 4.69) is 15.2 Å². The summed E-state index contributed by atoms with van der Waals surface area (Å²) < 4.78 is 0. The van der Waals surface area contributed by atoms with Crippen LogP contribution in [0.4, 0.5) is 0 Å². The van der Waals surface area contributed by atoms with E-state index in [1.54, 1.807) is 12.4 Å². The lowest BCUT2D eigenvalue weighted by Crippen LogP contribution is -2.47. The molecule has 3 rings (SSSR count). The van der Waals surface area contributed by atoms with Gasteiger partial charge in [-0.25, -0.2) is 0 Å². The molecule has 1 atom stereocenters. The van der Waals surface area contributed by atoms with Gasteiger partial charge in [-0.3, -0.25) is 9.88 Å². The number of piperazine rings is 1. The number of hydrogen-bond acceptors (Lipinski definition) is 3. The second kappa shape index (κ2) is 10.3. The first kappa shape index (κ1) is 21.3. The van der Waals surface area contributed by atoms with Gasteiger partial charge in [0.2, 0.25) is 0 Å². The molecule has 0 bridgehead atoms. The van der Waals surface area contributed by atoms with Crippen LogP contribution in [-0.2, 0) is 0 Å². The van der Waals surface area contributed by atoms with E-state index < -0.39 is 0 Å². The smallest absolute Gasteiger partial charge is 0.0652 e. The Morgan fingerprint density at radius 1 is 1.00 bits per heavy atom. The van der Waals surface area contributed by atoms with Crippen LogP contribution in [0.1, 0.15) is 43.7 Å². The van der Waals surface area contributed by atoms with Gasteiger partial charge in [0.1, 0.15) is 0 Å². The largest absolute Gasteiger partial charge is 0.314 e. The first-order chi connectivity index (χ1) is 10.3. The molecule has 1 aromatic heterocycles. The maximum atomic E-state index is 6.47. The van der Waals surface area contributed by atoms with Crippen LogP contribution in [0.15, 0.2) is 12.4 Å². The zero-order valence-electron chi connectivity index (χ0n) is 13.1. The summed E-state index contributed by atoms with van der Waals surface area (Å²) in [6.07, 6.45) is 10.1. The van der Waals surface area contributed by atoms with Crippen LogP contribution >= 0.6 is 48.0 Å². The fourth-order valence-corrected chi connectivity index (χ4v) is 4.42. The fourth-order valence-electron chi connectivity index (χ4n) is 3.83. The lowest BCUT2D eigenvalue weighted by atomic mass is 9.80. The maximum absolute atomic E-state index is 6.47. The van der Waals surface area contributed by atoms with Crippen LogP contribution in [0.2, 0.25) is 10.0 Å². The van der Waals surface area contributed by atoms with Crippen molar-refractivity contribution in [3.05, 3.63) is 28.0 Å². The van der Waals surface area contributed by atoms with Gasteiger partial charge in [0.25, 0.3) is 0 Å². The summed E-state index contributed by atoms with van der Waals surface area (Å²) in [5, 5.41) is 4.87. The van der Waals surface area contributed by atoms with Crippen molar-refractivity contribution in [1.29, 1.82) is 0 Å². The monoisotopic (exact) mass is 399 g/mol. The van der Waals surface area contributed by atoms with Gasteiger partial charge in [-0.1, -0.05) is 42.5 Å². The van der Waals surface area contributed by atoms with Crippen molar-refractivity contribution >= 4 is 48.0 Å². The third-order valence-corrected chi connectivity index (χ3v) is 5.43. The zero-order valence-corrected chi connectivity index (χ0v) is 16.3. The molecule has 2 aliphatic rings. The zero-order chi connectivity index (χ0) is 14.7. The SMILES string of the molecule is Cl.Cl.Clc1cncc(Cl)c1[C@@H](C1CCCCC1)N1CCNCC1. The summed E-state index contributed by atoms with van der Waals surface area (Å²) in [5.41, 5.74) is 1.10. The summed E-state index contributed by atoms with van der Waals surface area (Å²) in [6, 6.07) is 0.343. The Labute approximate surface area is 161 Å². The van der Waals surface area contributed by atoms with Crippen molar-refractivity contribution in [3.63, 3.8) is 0 Å². The Hall–Kier alpha value is 0.230. The highest BCUT2D eigenvalue weighted by Gasteiger charge is 2.33. The molecule has 0 aromatic carbocycles. The molecule has 0 amide bonds. The second-order valence-electron chi connectivity index (χ2n) is 6.15. The minimum absolute atomic E-state index is 0. The molecule has 1 aromatic rings. The van der Waals surface area contributed by atoms with Crippen molar-refractivity contribution in [2.45, 2.75) is 38.1 Å². The second-order valence-corrected chi connectivity index (χ2v) is 6.96. The van der Waals surface area contributed by atoms with Crippen molar-refractivity contribution < 1.29 is 0 Å². The molecule has 1 N–H and O–H groups in total. The Balaban J connectivity index is 0.00000132. The number of nitrogens with zero attached hydrogens (tertiary/aromatic N) is 2. The van der Waals surface area contributed by atoms with Gasteiger partial charge < -0.3 is 5.32 Å². The Morgan fingerprint density at radius 2 is 1.57 bits per heavy atom. The van der Waals surface area contributed by atoms with E-state index in [1.807, 2.05) is 0 Å². The third kappa shape index (κ3) is 5.10. The third-order valence-electron chi connectivity index (χ3n) is 4.83. The highest BCUT2D eigenvalue weighted by atomic mass is 35.5. The molecule has 1 aliphatic carbocycles. The van der Waals surface area contributed by atoms with Gasteiger partial charge in [-0.15, -0.1) is 24.8 Å². The molecule has 23 heavy (non-hydrogen) atoms. The van der Waals surface area contributed by atoms with Crippen LogP contribution in [0.5, 0.6) is 0 Å². The van der Waals surface area contributed by atoms with Gasteiger partial charge in [-0.05, 0) is 18.8 Å². The molecular formula is C16H25Cl4N3. The van der Waals surface area contributed by atoms with Crippen LogP contribution in [0.3, 0.4) is 0 Å². The fraction of sp³-hybridized carbons (Fsp3) is 0.688. The highest BCUT2D eigenvalue weighted by molar-refractivity contribution is 6.35. The van der Waals surface area contributed by atoms with E-state index in [4.69, 9.17) is 23.2 Å². The van der Waals surface area contributed by atoms with E-state index in [0.29, 0.717) is 12.0 Å². The molecule has 0 radical (unpaired) electrons. The van der Waals surface area contributed by atoms with E-state index in [-0.39, 0.29) is 24.8 Å². The molecule has 0 unspecified atom stereocenters. The van der Waals surface area contributed by atoms with Gasteiger partial charge >= 0.3 is 0 Å². The Kier molecular flexibility index (Phi) is 9.50. The van der Waals surface area contributed by atoms with Crippen LogP contribution in [-0.4, -0.2) is 36.1 Å². The Bertz CT molecular complexity index is 436. The molecule has 1 aliphatic heterocycles. The molecule has 3 nitrogen and oxygen atoms in total. The molecule has 132 valence electrons. The standard InChI is InChI=1S/C16H23Cl2N3.2ClH/c17-13-10-20-11-14(18)15(13)16(12-4-2-1-3-5-12)21-8-6-19-7-9-21;;/h10-12,16,19H,1-9H2;2*1H/t16-;;/m1../s1. The van der Waals surface area contributed by atoms with Crippen molar-refractivity contribution in [2.75, 3.05) is 26.2 Å². The van der Waals surface area contributed by atoms with Crippen molar-refractivity contribution in [3.8, 4) is 0 Å².